The summed E-state index contributed by atoms with van der Waals surface area (Å²) in [4.78, 5) is 26.9. The minimum absolute atomic E-state index is 0.0473. The van der Waals surface area contributed by atoms with Crippen molar-refractivity contribution in [2.75, 3.05) is 9.44 Å². The Kier molecular flexibility index (Phi) is 8.21. The molecule has 1 saturated carbocycles. The number of aryl methyl sites for hydroxylation is 6. The zero-order chi connectivity index (χ0) is 31.4. The number of rotatable bonds is 7. The van der Waals surface area contributed by atoms with Crippen molar-refractivity contribution < 1.29 is 26.4 Å². The van der Waals surface area contributed by atoms with Crippen molar-refractivity contribution in [2.24, 2.45) is 5.41 Å². The Balaban J connectivity index is 1.83. The summed E-state index contributed by atoms with van der Waals surface area (Å²) in [5.41, 5.74) is 4.12. The molecule has 1 aliphatic rings. The van der Waals surface area contributed by atoms with Crippen molar-refractivity contribution in [2.45, 2.75) is 83.9 Å². The third-order valence-corrected chi connectivity index (χ3v) is 11.0. The van der Waals surface area contributed by atoms with Gasteiger partial charge < -0.3 is 0 Å². The molecule has 0 atom stereocenters. The Morgan fingerprint density at radius 3 is 1.79 bits per heavy atom. The number of carbonyl (C=O) groups excluding carboxylic acids is 2. The van der Waals surface area contributed by atoms with Gasteiger partial charge in [-0.15, -0.1) is 0 Å². The number of sulfonamides is 2. The summed E-state index contributed by atoms with van der Waals surface area (Å²) >= 11 is 0. The molecule has 3 aromatic rings. The van der Waals surface area contributed by atoms with Gasteiger partial charge >= 0.3 is 0 Å². The first kappa shape index (κ1) is 31.4. The molecule has 0 spiro atoms. The van der Waals surface area contributed by atoms with Gasteiger partial charge in [0.05, 0.1) is 15.5 Å². The van der Waals surface area contributed by atoms with E-state index >= 15 is 0 Å². The van der Waals surface area contributed by atoms with Crippen molar-refractivity contribution >= 4 is 43.0 Å². The van der Waals surface area contributed by atoms with E-state index in [2.05, 4.69) is 9.44 Å². The van der Waals surface area contributed by atoms with E-state index in [-0.39, 0.29) is 51.1 Å². The molecule has 42 heavy (non-hydrogen) atoms. The average Bonchev–Trinajstić information content (AvgIpc) is 2.80. The van der Waals surface area contributed by atoms with Crippen LogP contribution in [0.25, 0.3) is 0 Å². The molecule has 4 rings (SSSR count). The molecule has 0 unspecified atom stereocenters. The molecule has 1 aliphatic carbocycles. The molecular weight excluding hydrogens is 572 g/mol. The van der Waals surface area contributed by atoms with Crippen LogP contribution in [0.15, 0.2) is 52.3 Å². The van der Waals surface area contributed by atoms with Gasteiger partial charge in [-0.1, -0.05) is 37.6 Å². The van der Waals surface area contributed by atoms with Crippen LogP contribution in [0.2, 0.25) is 0 Å². The van der Waals surface area contributed by atoms with Crippen molar-refractivity contribution in [1.29, 1.82) is 0 Å². The topological polar surface area (TPSA) is 126 Å². The average molecular weight is 611 g/mol. The van der Waals surface area contributed by atoms with Gasteiger partial charge in [-0.05, 0) is 105 Å². The lowest BCUT2D eigenvalue weighted by Gasteiger charge is -2.33. The lowest BCUT2D eigenvalue weighted by Crippen LogP contribution is -2.36. The van der Waals surface area contributed by atoms with E-state index in [9.17, 15) is 26.4 Å². The zero-order valence-corrected chi connectivity index (χ0v) is 26.9. The summed E-state index contributed by atoms with van der Waals surface area (Å²) in [6, 6.07) is 11.1. The van der Waals surface area contributed by atoms with Crippen LogP contribution in [0.1, 0.15) is 71.6 Å². The maximum Gasteiger partial charge on any atom is 0.262 e. The highest BCUT2D eigenvalue weighted by Crippen LogP contribution is 2.41. The van der Waals surface area contributed by atoms with Crippen LogP contribution in [-0.2, 0) is 29.6 Å². The summed E-state index contributed by atoms with van der Waals surface area (Å²) in [5.74, 6) is -1.92. The Bertz CT molecular complexity index is 1800. The summed E-state index contributed by atoms with van der Waals surface area (Å²) < 4.78 is 59.3. The molecule has 0 amide bonds. The largest absolute Gasteiger partial charge is 0.298 e. The number of ketones is 2. The minimum Gasteiger partial charge on any atom is -0.298 e. The van der Waals surface area contributed by atoms with Crippen LogP contribution in [0.4, 0.5) is 11.4 Å². The predicted octanol–water partition coefficient (Wildman–Crippen LogP) is 6.18. The maximum absolute atomic E-state index is 13.7. The van der Waals surface area contributed by atoms with E-state index in [1.807, 2.05) is 34.6 Å². The van der Waals surface area contributed by atoms with E-state index in [1.165, 1.54) is 18.2 Å². The van der Waals surface area contributed by atoms with Gasteiger partial charge in [0.1, 0.15) is 17.5 Å². The monoisotopic (exact) mass is 610 g/mol. The highest BCUT2D eigenvalue weighted by Gasteiger charge is 2.42. The number of anilines is 2. The number of benzene rings is 3. The van der Waals surface area contributed by atoms with Crippen molar-refractivity contribution in [1.82, 2.24) is 0 Å². The fourth-order valence-corrected chi connectivity index (χ4v) is 8.82. The molecule has 0 bridgehead atoms. The summed E-state index contributed by atoms with van der Waals surface area (Å²) in [6.07, 6.45) is 0.257. The molecule has 10 heteroatoms. The van der Waals surface area contributed by atoms with Gasteiger partial charge in [0, 0.05) is 18.5 Å². The standard InChI is InChI=1S/C32H38N2O6S2/c1-18-11-22(5)31(23(6)12-18)42(39,40)34-26-10-9-24(15-25(26)30-27(35)16-32(7,8)17-28(30)36)33-41(37,38)29-14-20(3)19(2)13-21(29)4/h9-15,30,33-34H,16-17H2,1-8H3. The van der Waals surface area contributed by atoms with Gasteiger partial charge in [0.25, 0.3) is 20.0 Å². The van der Waals surface area contributed by atoms with Crippen LogP contribution >= 0.6 is 0 Å². The molecular formula is C32H38N2O6S2. The molecule has 0 radical (unpaired) electrons. The van der Waals surface area contributed by atoms with Crippen LogP contribution in [-0.4, -0.2) is 28.4 Å². The van der Waals surface area contributed by atoms with Crippen LogP contribution in [0.5, 0.6) is 0 Å². The zero-order valence-electron chi connectivity index (χ0n) is 25.3. The SMILES string of the molecule is Cc1cc(C)c(S(=O)(=O)Nc2ccc(NS(=O)(=O)c3cc(C)c(C)cc3C)cc2C2C(=O)CC(C)(C)CC2=O)c(C)c1. The van der Waals surface area contributed by atoms with E-state index in [0.717, 1.165) is 16.7 Å². The number of Topliss-reactive ketones (excluding diaryl/α,β-unsaturated/α-hetero) is 2. The Morgan fingerprint density at radius 1 is 0.667 bits per heavy atom. The lowest BCUT2D eigenvalue weighted by molar-refractivity contribution is -0.135. The number of hydrogen-bond donors (Lipinski definition) is 2. The second-order valence-electron chi connectivity index (χ2n) is 12.3. The number of hydrogen-bond acceptors (Lipinski definition) is 6. The van der Waals surface area contributed by atoms with Gasteiger partial charge in [0.15, 0.2) is 0 Å². The van der Waals surface area contributed by atoms with E-state index in [0.29, 0.717) is 16.7 Å². The molecule has 2 N–H and O–H groups in total. The van der Waals surface area contributed by atoms with Crippen molar-refractivity contribution in [3.05, 3.63) is 81.4 Å². The van der Waals surface area contributed by atoms with Crippen LogP contribution in [0, 0.1) is 47.0 Å². The first-order valence-electron chi connectivity index (χ1n) is 13.7. The second-order valence-corrected chi connectivity index (χ2v) is 15.6. The highest BCUT2D eigenvalue weighted by atomic mass is 32.2. The van der Waals surface area contributed by atoms with Crippen LogP contribution in [0.3, 0.4) is 0 Å². The third-order valence-electron chi connectivity index (χ3n) is 7.76. The smallest absolute Gasteiger partial charge is 0.262 e. The fraction of sp³-hybridized carbons (Fsp3) is 0.375. The van der Waals surface area contributed by atoms with Gasteiger partial charge in [-0.3, -0.25) is 19.0 Å². The first-order valence-corrected chi connectivity index (χ1v) is 16.7. The van der Waals surface area contributed by atoms with E-state index < -0.39 is 31.4 Å². The van der Waals surface area contributed by atoms with Crippen LogP contribution < -0.4 is 9.44 Å². The van der Waals surface area contributed by atoms with Gasteiger partial charge in [-0.2, -0.15) is 0 Å². The fourth-order valence-electron chi connectivity index (χ4n) is 5.91. The summed E-state index contributed by atoms with van der Waals surface area (Å²) in [6.45, 7) is 14.4. The Morgan fingerprint density at radius 2 is 1.21 bits per heavy atom. The molecule has 3 aromatic carbocycles. The Hall–Kier alpha value is -3.50. The molecule has 8 nitrogen and oxygen atoms in total. The molecule has 0 aromatic heterocycles. The molecule has 0 heterocycles. The number of nitrogens with one attached hydrogen (secondary N) is 2. The second kappa shape index (κ2) is 11.0. The third kappa shape index (κ3) is 6.29. The highest BCUT2D eigenvalue weighted by molar-refractivity contribution is 7.93. The van der Waals surface area contributed by atoms with E-state index in [4.69, 9.17) is 0 Å². The molecule has 1 fully saturated rings. The van der Waals surface area contributed by atoms with Crippen molar-refractivity contribution in [3.63, 3.8) is 0 Å². The van der Waals surface area contributed by atoms with Crippen molar-refractivity contribution in [3.8, 4) is 0 Å². The van der Waals surface area contributed by atoms with Gasteiger partial charge in [-0.25, -0.2) is 16.8 Å². The van der Waals surface area contributed by atoms with Gasteiger partial charge in [0.2, 0.25) is 0 Å². The Labute approximate surface area is 249 Å². The quantitative estimate of drug-likeness (QED) is 0.308. The number of carbonyl (C=O) groups is 2. The normalized spacial score (nSPS) is 16.0. The maximum atomic E-state index is 13.7. The minimum atomic E-state index is -4.13. The first-order chi connectivity index (χ1) is 19.3. The summed E-state index contributed by atoms with van der Waals surface area (Å²) in [5, 5.41) is 0. The molecule has 224 valence electrons. The molecule has 0 saturated heterocycles. The van der Waals surface area contributed by atoms with E-state index in [1.54, 1.807) is 45.0 Å². The predicted molar refractivity (Wildman–Crippen MR) is 165 cm³/mol. The lowest BCUT2D eigenvalue weighted by atomic mass is 9.69. The summed E-state index contributed by atoms with van der Waals surface area (Å²) in [7, 11) is -8.17. The molecule has 0 aliphatic heterocycles.